The molecule has 0 unspecified atom stereocenters. The maximum absolute atomic E-state index is 12.6. The molecule has 0 aliphatic carbocycles. The standard InChI is InChI=1S/C18H18F3NO4/c1-24-14-5-7-15(8-6-14)25-10-9-22-17(23)12-26-16-4-2-3-13(11-16)18(19,20)21/h2-8,11H,9-10,12H2,1H3,(H,22,23). The number of nitrogens with one attached hydrogen (secondary N) is 1. The minimum atomic E-state index is -4.46. The molecule has 0 saturated carbocycles. The fourth-order valence-electron chi connectivity index (χ4n) is 1.99. The van der Waals surface area contributed by atoms with Crippen molar-refractivity contribution in [1.82, 2.24) is 5.32 Å². The number of carbonyl (C=O) groups is 1. The van der Waals surface area contributed by atoms with E-state index in [1.165, 1.54) is 12.1 Å². The predicted octanol–water partition coefficient (Wildman–Crippen LogP) is 3.29. The van der Waals surface area contributed by atoms with Crippen molar-refractivity contribution in [2.45, 2.75) is 6.18 Å². The maximum Gasteiger partial charge on any atom is 0.416 e. The number of rotatable bonds is 8. The van der Waals surface area contributed by atoms with Crippen LogP contribution in [0.25, 0.3) is 0 Å². The number of methoxy groups -OCH3 is 1. The molecule has 140 valence electrons. The third-order valence-corrected chi connectivity index (χ3v) is 3.28. The summed E-state index contributed by atoms with van der Waals surface area (Å²) in [4.78, 5) is 11.7. The van der Waals surface area contributed by atoms with Crippen molar-refractivity contribution in [3.05, 3.63) is 54.1 Å². The van der Waals surface area contributed by atoms with Crippen molar-refractivity contribution in [3.8, 4) is 17.2 Å². The first-order valence-electron chi connectivity index (χ1n) is 7.72. The van der Waals surface area contributed by atoms with Crippen molar-refractivity contribution < 1.29 is 32.2 Å². The first-order chi connectivity index (χ1) is 12.4. The zero-order chi connectivity index (χ0) is 19.0. The van der Waals surface area contributed by atoms with Crippen LogP contribution in [0.5, 0.6) is 17.2 Å². The molecule has 0 spiro atoms. The van der Waals surface area contributed by atoms with E-state index in [9.17, 15) is 18.0 Å². The zero-order valence-electron chi connectivity index (χ0n) is 14.0. The van der Waals surface area contributed by atoms with Crippen LogP contribution in [0, 0.1) is 0 Å². The van der Waals surface area contributed by atoms with Gasteiger partial charge in [0.15, 0.2) is 6.61 Å². The maximum atomic E-state index is 12.6. The molecule has 0 heterocycles. The smallest absolute Gasteiger partial charge is 0.416 e. The Morgan fingerprint density at radius 2 is 1.69 bits per heavy atom. The predicted molar refractivity (Wildman–Crippen MR) is 88.4 cm³/mol. The highest BCUT2D eigenvalue weighted by Gasteiger charge is 2.30. The van der Waals surface area contributed by atoms with E-state index in [0.717, 1.165) is 12.1 Å². The molecule has 5 nitrogen and oxygen atoms in total. The number of ether oxygens (including phenoxy) is 3. The van der Waals surface area contributed by atoms with Crippen LogP contribution in [0.4, 0.5) is 13.2 Å². The molecule has 2 aromatic carbocycles. The number of hydrogen-bond acceptors (Lipinski definition) is 4. The number of benzene rings is 2. The summed E-state index contributed by atoms with van der Waals surface area (Å²) >= 11 is 0. The first-order valence-corrected chi connectivity index (χ1v) is 7.72. The number of alkyl halides is 3. The van der Waals surface area contributed by atoms with E-state index in [4.69, 9.17) is 14.2 Å². The summed E-state index contributed by atoms with van der Waals surface area (Å²) < 4.78 is 53.3. The first kappa shape index (κ1) is 19.4. The van der Waals surface area contributed by atoms with Gasteiger partial charge < -0.3 is 19.5 Å². The van der Waals surface area contributed by atoms with Crippen LogP contribution in [0.15, 0.2) is 48.5 Å². The molecule has 0 aliphatic heterocycles. The van der Waals surface area contributed by atoms with E-state index in [1.807, 2.05) is 0 Å². The second-order valence-electron chi connectivity index (χ2n) is 5.19. The normalized spacial score (nSPS) is 10.9. The van der Waals surface area contributed by atoms with Gasteiger partial charge in [-0.15, -0.1) is 0 Å². The summed E-state index contributed by atoms with van der Waals surface area (Å²) in [6.45, 7) is 0.0856. The van der Waals surface area contributed by atoms with E-state index >= 15 is 0 Å². The third kappa shape index (κ3) is 6.19. The van der Waals surface area contributed by atoms with Crippen molar-refractivity contribution in [1.29, 1.82) is 0 Å². The highest BCUT2D eigenvalue weighted by Crippen LogP contribution is 2.31. The van der Waals surface area contributed by atoms with Crippen LogP contribution in [0.3, 0.4) is 0 Å². The molecule has 8 heteroatoms. The van der Waals surface area contributed by atoms with Crippen LogP contribution < -0.4 is 19.5 Å². The molecule has 2 rings (SSSR count). The monoisotopic (exact) mass is 369 g/mol. The highest BCUT2D eigenvalue weighted by molar-refractivity contribution is 5.77. The van der Waals surface area contributed by atoms with Gasteiger partial charge in [-0.05, 0) is 42.5 Å². The molecule has 0 aliphatic rings. The van der Waals surface area contributed by atoms with E-state index in [-0.39, 0.29) is 25.5 Å². The molecule has 0 aromatic heterocycles. The summed E-state index contributed by atoms with van der Waals surface area (Å²) in [7, 11) is 1.56. The lowest BCUT2D eigenvalue weighted by Gasteiger charge is -2.11. The van der Waals surface area contributed by atoms with Gasteiger partial charge in [-0.3, -0.25) is 4.79 Å². The lowest BCUT2D eigenvalue weighted by Crippen LogP contribution is -2.32. The SMILES string of the molecule is COc1ccc(OCCNC(=O)COc2cccc(C(F)(F)F)c2)cc1. The lowest BCUT2D eigenvalue weighted by atomic mass is 10.2. The van der Waals surface area contributed by atoms with Crippen LogP contribution in [0.1, 0.15) is 5.56 Å². The number of halogens is 3. The molecular formula is C18H18F3NO4. The average Bonchev–Trinajstić information content (AvgIpc) is 2.63. The van der Waals surface area contributed by atoms with Gasteiger partial charge in [0.2, 0.25) is 0 Å². The van der Waals surface area contributed by atoms with Gasteiger partial charge in [-0.1, -0.05) is 6.07 Å². The Morgan fingerprint density at radius 1 is 1.00 bits per heavy atom. The van der Waals surface area contributed by atoms with Gasteiger partial charge in [0.25, 0.3) is 5.91 Å². The molecule has 0 bridgehead atoms. The molecule has 1 N–H and O–H groups in total. The number of amides is 1. The van der Waals surface area contributed by atoms with E-state index in [0.29, 0.717) is 11.5 Å². The Kier molecular flexibility index (Phi) is 6.71. The van der Waals surface area contributed by atoms with Gasteiger partial charge in [0, 0.05) is 0 Å². The molecule has 0 atom stereocenters. The fraction of sp³-hybridized carbons (Fsp3) is 0.278. The largest absolute Gasteiger partial charge is 0.497 e. The second kappa shape index (κ2) is 8.98. The quantitative estimate of drug-likeness (QED) is 0.726. The summed E-state index contributed by atoms with van der Waals surface area (Å²) in [5.41, 5.74) is -0.830. The van der Waals surface area contributed by atoms with Crippen LogP contribution in [-0.2, 0) is 11.0 Å². The third-order valence-electron chi connectivity index (χ3n) is 3.28. The van der Waals surface area contributed by atoms with Gasteiger partial charge >= 0.3 is 6.18 Å². The fourth-order valence-corrected chi connectivity index (χ4v) is 1.99. The van der Waals surface area contributed by atoms with E-state index in [2.05, 4.69) is 5.32 Å². The van der Waals surface area contributed by atoms with Gasteiger partial charge in [-0.2, -0.15) is 13.2 Å². The Hall–Kier alpha value is -2.90. The molecule has 1 amide bonds. The minimum absolute atomic E-state index is 0.0237. The molecule has 0 fully saturated rings. The van der Waals surface area contributed by atoms with Crippen LogP contribution in [-0.4, -0.2) is 32.8 Å². The Bertz CT molecular complexity index is 717. The Balaban J connectivity index is 1.69. The van der Waals surface area contributed by atoms with E-state index in [1.54, 1.807) is 31.4 Å². The van der Waals surface area contributed by atoms with Gasteiger partial charge in [0.1, 0.15) is 23.9 Å². The Labute approximate surface area is 148 Å². The summed E-state index contributed by atoms with van der Waals surface area (Å²) in [6, 6.07) is 11.3. The summed E-state index contributed by atoms with van der Waals surface area (Å²) in [5, 5.41) is 2.55. The summed E-state index contributed by atoms with van der Waals surface area (Å²) in [6.07, 6.45) is -4.46. The average molecular weight is 369 g/mol. The van der Waals surface area contributed by atoms with Crippen LogP contribution >= 0.6 is 0 Å². The minimum Gasteiger partial charge on any atom is -0.497 e. The zero-order valence-corrected chi connectivity index (χ0v) is 14.0. The molecule has 26 heavy (non-hydrogen) atoms. The van der Waals surface area contributed by atoms with Gasteiger partial charge in [-0.25, -0.2) is 0 Å². The van der Waals surface area contributed by atoms with E-state index < -0.39 is 17.6 Å². The molecule has 0 saturated heterocycles. The number of hydrogen-bond donors (Lipinski definition) is 1. The lowest BCUT2D eigenvalue weighted by molar-refractivity contribution is -0.137. The molecule has 0 radical (unpaired) electrons. The Morgan fingerprint density at radius 3 is 2.35 bits per heavy atom. The van der Waals surface area contributed by atoms with Crippen molar-refractivity contribution in [2.75, 3.05) is 26.9 Å². The van der Waals surface area contributed by atoms with Crippen molar-refractivity contribution in [3.63, 3.8) is 0 Å². The van der Waals surface area contributed by atoms with Crippen LogP contribution in [0.2, 0.25) is 0 Å². The van der Waals surface area contributed by atoms with Gasteiger partial charge in [0.05, 0.1) is 19.2 Å². The molecule has 2 aromatic rings. The highest BCUT2D eigenvalue weighted by atomic mass is 19.4. The topological polar surface area (TPSA) is 56.8 Å². The second-order valence-corrected chi connectivity index (χ2v) is 5.19. The van der Waals surface area contributed by atoms with Crippen molar-refractivity contribution in [2.24, 2.45) is 0 Å². The molecular weight excluding hydrogens is 351 g/mol. The van der Waals surface area contributed by atoms with Crippen molar-refractivity contribution >= 4 is 5.91 Å². The summed E-state index contributed by atoms with van der Waals surface area (Å²) in [5.74, 6) is 0.850. The number of carbonyl (C=O) groups excluding carboxylic acids is 1.